The Morgan fingerprint density at radius 1 is 1.00 bits per heavy atom. The van der Waals surface area contributed by atoms with Crippen LogP contribution in [0.25, 0.3) is 17.1 Å². The minimum absolute atomic E-state index is 0.0560. The van der Waals surface area contributed by atoms with Crippen LogP contribution in [0.15, 0.2) is 42.5 Å². The van der Waals surface area contributed by atoms with Crippen molar-refractivity contribution < 1.29 is 14.3 Å². The van der Waals surface area contributed by atoms with Crippen molar-refractivity contribution in [2.24, 2.45) is 0 Å². The highest BCUT2D eigenvalue weighted by Crippen LogP contribution is 2.37. The zero-order valence-electron chi connectivity index (χ0n) is 17.9. The van der Waals surface area contributed by atoms with Gasteiger partial charge in [-0.2, -0.15) is 0 Å². The Morgan fingerprint density at radius 2 is 1.73 bits per heavy atom. The average molecular weight is 405 g/mol. The maximum atomic E-state index is 11.7. The Hall–Kier alpha value is -3.08. The quantitative estimate of drug-likeness (QED) is 0.544. The van der Waals surface area contributed by atoms with Crippen LogP contribution in [0.1, 0.15) is 42.3 Å². The number of carbonyl (C=O) groups excluding carboxylic acids is 1. The lowest BCUT2D eigenvalue weighted by Crippen LogP contribution is -2.16. The minimum atomic E-state index is -0.335. The molecule has 0 unspecified atom stereocenters. The van der Waals surface area contributed by atoms with E-state index >= 15 is 0 Å². The lowest BCUT2D eigenvalue weighted by atomic mass is 9.86. The SMILES string of the molecule is CCOC(=O)COc1ccc(-c2cccc(-n3c(C)ccc3C)n2)c2c1CCCC2. The van der Waals surface area contributed by atoms with Gasteiger partial charge in [0.1, 0.15) is 11.6 Å². The summed E-state index contributed by atoms with van der Waals surface area (Å²) in [5.74, 6) is 1.38. The molecule has 3 aromatic rings. The van der Waals surface area contributed by atoms with Gasteiger partial charge in [0, 0.05) is 17.0 Å². The predicted molar refractivity (Wildman–Crippen MR) is 117 cm³/mol. The summed E-state index contributed by atoms with van der Waals surface area (Å²) in [5, 5.41) is 0. The van der Waals surface area contributed by atoms with Gasteiger partial charge < -0.3 is 14.0 Å². The summed E-state index contributed by atoms with van der Waals surface area (Å²) >= 11 is 0. The van der Waals surface area contributed by atoms with Gasteiger partial charge in [-0.05, 0) is 94.0 Å². The van der Waals surface area contributed by atoms with E-state index in [0.29, 0.717) is 6.61 Å². The lowest BCUT2D eigenvalue weighted by Gasteiger charge is -2.23. The molecule has 1 aliphatic rings. The number of hydrogen-bond acceptors (Lipinski definition) is 4. The molecule has 0 bridgehead atoms. The number of hydrogen-bond donors (Lipinski definition) is 0. The fourth-order valence-corrected chi connectivity index (χ4v) is 4.28. The zero-order chi connectivity index (χ0) is 21.1. The number of esters is 1. The van der Waals surface area contributed by atoms with Crippen molar-refractivity contribution in [1.29, 1.82) is 0 Å². The smallest absolute Gasteiger partial charge is 0.344 e. The molecule has 5 nitrogen and oxygen atoms in total. The number of benzene rings is 1. The molecule has 2 heterocycles. The third-order valence-electron chi connectivity index (χ3n) is 5.65. The van der Waals surface area contributed by atoms with Crippen LogP contribution in [0, 0.1) is 13.8 Å². The van der Waals surface area contributed by atoms with E-state index in [1.54, 1.807) is 6.92 Å². The highest BCUT2D eigenvalue weighted by Gasteiger charge is 2.20. The van der Waals surface area contributed by atoms with Gasteiger partial charge in [-0.3, -0.25) is 0 Å². The molecule has 0 amide bonds. The van der Waals surface area contributed by atoms with Crippen molar-refractivity contribution in [3.8, 4) is 22.8 Å². The average Bonchev–Trinajstić information content (AvgIpc) is 3.10. The molecule has 0 saturated carbocycles. The standard InChI is InChI=1S/C25H28N2O3/c1-4-29-25(28)16-30-23-15-14-20(19-8-5-6-9-21(19)23)22-10-7-11-24(26-22)27-17(2)12-13-18(27)3/h7,10-15H,4-6,8-9,16H2,1-3H3. The summed E-state index contributed by atoms with van der Waals surface area (Å²) in [6, 6.07) is 14.5. The van der Waals surface area contributed by atoms with Crippen LogP contribution in [0.2, 0.25) is 0 Å². The summed E-state index contributed by atoms with van der Waals surface area (Å²) in [5.41, 5.74) is 6.94. The van der Waals surface area contributed by atoms with Crippen LogP contribution in [-0.4, -0.2) is 28.7 Å². The van der Waals surface area contributed by atoms with Crippen molar-refractivity contribution in [2.75, 3.05) is 13.2 Å². The van der Waals surface area contributed by atoms with Gasteiger partial charge in [0.05, 0.1) is 12.3 Å². The Labute approximate surface area is 177 Å². The van der Waals surface area contributed by atoms with E-state index in [0.717, 1.165) is 48.5 Å². The number of pyridine rings is 1. The maximum absolute atomic E-state index is 11.7. The first-order valence-electron chi connectivity index (χ1n) is 10.6. The van der Waals surface area contributed by atoms with E-state index in [1.165, 1.54) is 22.5 Å². The molecular formula is C25H28N2O3. The highest BCUT2D eigenvalue weighted by atomic mass is 16.6. The molecule has 0 saturated heterocycles. The topological polar surface area (TPSA) is 53.4 Å². The molecule has 0 atom stereocenters. The molecule has 0 fully saturated rings. The van der Waals surface area contributed by atoms with Crippen LogP contribution >= 0.6 is 0 Å². The fourth-order valence-electron chi connectivity index (χ4n) is 4.28. The first-order chi connectivity index (χ1) is 14.6. The van der Waals surface area contributed by atoms with E-state index in [2.05, 4.69) is 48.7 Å². The van der Waals surface area contributed by atoms with Crippen molar-refractivity contribution in [1.82, 2.24) is 9.55 Å². The van der Waals surface area contributed by atoms with Gasteiger partial charge in [-0.1, -0.05) is 6.07 Å². The first-order valence-corrected chi connectivity index (χ1v) is 10.6. The Kier molecular flexibility index (Phi) is 5.88. The van der Waals surface area contributed by atoms with Gasteiger partial charge in [-0.15, -0.1) is 0 Å². The molecule has 0 spiro atoms. The summed E-state index contributed by atoms with van der Waals surface area (Å²) in [6.45, 7) is 6.30. The van der Waals surface area contributed by atoms with Crippen LogP contribution in [0.4, 0.5) is 0 Å². The number of ether oxygens (including phenoxy) is 2. The van der Waals surface area contributed by atoms with E-state index < -0.39 is 0 Å². The number of fused-ring (bicyclic) bond motifs is 1. The third-order valence-corrected chi connectivity index (χ3v) is 5.65. The first kappa shape index (κ1) is 20.2. The molecule has 1 aliphatic carbocycles. The third kappa shape index (κ3) is 3.97. The van der Waals surface area contributed by atoms with Crippen molar-refractivity contribution in [2.45, 2.75) is 46.5 Å². The Morgan fingerprint density at radius 3 is 2.47 bits per heavy atom. The van der Waals surface area contributed by atoms with Crippen LogP contribution < -0.4 is 4.74 Å². The molecule has 1 aromatic carbocycles. The van der Waals surface area contributed by atoms with Crippen LogP contribution in [0.5, 0.6) is 5.75 Å². The largest absolute Gasteiger partial charge is 0.482 e. The van der Waals surface area contributed by atoms with Crippen molar-refractivity contribution in [3.05, 3.63) is 65.0 Å². The number of nitrogens with zero attached hydrogens (tertiary/aromatic N) is 2. The zero-order valence-corrected chi connectivity index (χ0v) is 17.9. The fraction of sp³-hybridized carbons (Fsp3) is 0.360. The Balaban J connectivity index is 1.70. The van der Waals surface area contributed by atoms with Gasteiger partial charge in [0.15, 0.2) is 6.61 Å². The van der Waals surface area contributed by atoms with Crippen LogP contribution in [0.3, 0.4) is 0 Å². The molecule has 156 valence electrons. The van der Waals surface area contributed by atoms with Gasteiger partial charge in [0.25, 0.3) is 0 Å². The Bertz CT molecular complexity index is 1050. The molecular weight excluding hydrogens is 376 g/mol. The molecule has 0 aliphatic heterocycles. The van der Waals surface area contributed by atoms with Crippen molar-refractivity contribution in [3.63, 3.8) is 0 Å². The normalized spacial score (nSPS) is 13.0. The number of aromatic nitrogens is 2. The van der Waals surface area contributed by atoms with E-state index in [-0.39, 0.29) is 12.6 Å². The van der Waals surface area contributed by atoms with Gasteiger partial charge in [-0.25, -0.2) is 9.78 Å². The molecule has 30 heavy (non-hydrogen) atoms. The highest BCUT2D eigenvalue weighted by molar-refractivity contribution is 5.72. The van der Waals surface area contributed by atoms with Crippen molar-refractivity contribution >= 4 is 5.97 Å². The van der Waals surface area contributed by atoms with E-state index in [4.69, 9.17) is 14.5 Å². The minimum Gasteiger partial charge on any atom is -0.482 e. The monoisotopic (exact) mass is 404 g/mol. The van der Waals surface area contributed by atoms with E-state index in [9.17, 15) is 4.79 Å². The second-order valence-corrected chi connectivity index (χ2v) is 7.70. The molecule has 0 N–H and O–H groups in total. The summed E-state index contributed by atoms with van der Waals surface area (Å²) in [6.07, 6.45) is 4.23. The maximum Gasteiger partial charge on any atom is 0.344 e. The number of aryl methyl sites for hydroxylation is 2. The van der Waals surface area contributed by atoms with E-state index in [1.807, 2.05) is 12.1 Å². The summed E-state index contributed by atoms with van der Waals surface area (Å²) in [4.78, 5) is 16.7. The lowest BCUT2D eigenvalue weighted by molar-refractivity contribution is -0.145. The summed E-state index contributed by atoms with van der Waals surface area (Å²) < 4.78 is 13.0. The molecule has 4 rings (SSSR count). The molecule has 0 radical (unpaired) electrons. The second-order valence-electron chi connectivity index (χ2n) is 7.70. The van der Waals surface area contributed by atoms with Gasteiger partial charge >= 0.3 is 5.97 Å². The second kappa shape index (κ2) is 8.74. The number of carbonyl (C=O) groups is 1. The predicted octanol–water partition coefficient (Wildman–Crippen LogP) is 4.98. The van der Waals surface area contributed by atoms with Crippen LogP contribution in [-0.2, 0) is 22.4 Å². The molecule has 5 heteroatoms. The molecule has 2 aromatic heterocycles. The van der Waals surface area contributed by atoms with Gasteiger partial charge in [0.2, 0.25) is 0 Å². The summed E-state index contributed by atoms with van der Waals surface area (Å²) in [7, 11) is 0. The number of rotatable bonds is 6.